The van der Waals surface area contributed by atoms with Crippen molar-refractivity contribution < 1.29 is 19.4 Å². The van der Waals surface area contributed by atoms with E-state index in [2.05, 4.69) is 18.7 Å². The summed E-state index contributed by atoms with van der Waals surface area (Å²) >= 11 is 0. The monoisotopic (exact) mass is 326 g/mol. The number of nitrogens with zero attached hydrogens (tertiary/aromatic N) is 2. The molecule has 2 rings (SSSR count). The summed E-state index contributed by atoms with van der Waals surface area (Å²) in [5, 5.41) is 9.25. The maximum absolute atomic E-state index is 12.6. The Hall–Kier alpha value is -1.14. The molecule has 0 unspecified atom stereocenters. The van der Waals surface area contributed by atoms with Crippen molar-refractivity contribution in [3.8, 4) is 0 Å². The van der Waals surface area contributed by atoms with E-state index in [0.29, 0.717) is 6.54 Å². The minimum absolute atomic E-state index is 0.0422. The van der Waals surface area contributed by atoms with Crippen molar-refractivity contribution in [1.82, 2.24) is 9.80 Å². The molecule has 0 radical (unpaired) electrons. The molecule has 0 bridgehead atoms. The summed E-state index contributed by atoms with van der Waals surface area (Å²) in [7, 11) is 1.79. The van der Waals surface area contributed by atoms with Gasteiger partial charge in [0, 0.05) is 33.2 Å². The Labute approximate surface area is 138 Å². The molecule has 1 aliphatic carbocycles. The summed E-state index contributed by atoms with van der Waals surface area (Å²) in [4.78, 5) is 28.0. The van der Waals surface area contributed by atoms with Gasteiger partial charge in [0.2, 0.25) is 5.91 Å². The highest BCUT2D eigenvalue weighted by molar-refractivity contribution is 5.91. The molecule has 6 heteroatoms. The Morgan fingerprint density at radius 2 is 1.83 bits per heavy atom. The number of carbonyl (C=O) groups excluding carboxylic acids is 1. The third kappa shape index (κ3) is 4.04. The van der Waals surface area contributed by atoms with E-state index in [1.165, 1.54) is 0 Å². The van der Waals surface area contributed by atoms with Gasteiger partial charge < -0.3 is 14.7 Å². The second-order valence-corrected chi connectivity index (χ2v) is 8.36. The molecule has 132 valence electrons. The van der Waals surface area contributed by atoms with Crippen LogP contribution < -0.4 is 0 Å². The minimum atomic E-state index is -0.866. The molecule has 6 nitrogen and oxygen atoms in total. The van der Waals surface area contributed by atoms with Gasteiger partial charge in [-0.3, -0.25) is 14.5 Å². The predicted molar refractivity (Wildman–Crippen MR) is 87.1 cm³/mol. The molecule has 2 fully saturated rings. The van der Waals surface area contributed by atoms with E-state index < -0.39 is 23.2 Å². The number of aliphatic carboxylic acids is 1. The van der Waals surface area contributed by atoms with Crippen molar-refractivity contribution >= 4 is 11.9 Å². The zero-order valence-corrected chi connectivity index (χ0v) is 15.0. The Balaban J connectivity index is 1.91. The summed E-state index contributed by atoms with van der Waals surface area (Å²) in [6.07, 6.45) is 0. The van der Waals surface area contributed by atoms with Crippen molar-refractivity contribution in [2.24, 2.45) is 22.7 Å². The first-order valence-electron chi connectivity index (χ1n) is 8.34. The molecule has 1 heterocycles. The molecule has 0 aromatic heterocycles. The van der Waals surface area contributed by atoms with Gasteiger partial charge >= 0.3 is 5.97 Å². The average molecular weight is 326 g/mol. The molecule has 1 saturated heterocycles. The summed E-state index contributed by atoms with van der Waals surface area (Å²) in [5.41, 5.74) is -0.481. The van der Waals surface area contributed by atoms with Gasteiger partial charge in [-0.05, 0) is 10.8 Å². The molecule has 0 aromatic rings. The van der Waals surface area contributed by atoms with Crippen LogP contribution in [0.5, 0.6) is 0 Å². The first-order chi connectivity index (χ1) is 10.6. The third-order valence-electron chi connectivity index (χ3n) is 5.16. The largest absolute Gasteiger partial charge is 0.481 e. The van der Waals surface area contributed by atoms with E-state index in [4.69, 9.17) is 4.74 Å². The molecule has 1 saturated carbocycles. The number of rotatable bonds is 6. The van der Waals surface area contributed by atoms with Crippen LogP contribution in [-0.2, 0) is 14.3 Å². The van der Waals surface area contributed by atoms with Crippen molar-refractivity contribution in [2.45, 2.75) is 27.7 Å². The van der Waals surface area contributed by atoms with E-state index in [0.717, 1.165) is 32.8 Å². The Kier molecular flexibility index (Phi) is 5.06. The fraction of sp³-hybridized carbons (Fsp3) is 0.882. The molecule has 1 N–H and O–H groups in total. The molecule has 2 atom stereocenters. The highest BCUT2D eigenvalue weighted by Gasteiger charge is 2.66. The normalized spacial score (nSPS) is 27.5. The van der Waals surface area contributed by atoms with Gasteiger partial charge in [-0.2, -0.15) is 0 Å². The van der Waals surface area contributed by atoms with Gasteiger partial charge in [-0.15, -0.1) is 0 Å². The van der Waals surface area contributed by atoms with Crippen LogP contribution in [0.15, 0.2) is 0 Å². The number of carboxylic acid groups (broad SMARTS) is 1. The Morgan fingerprint density at radius 1 is 1.26 bits per heavy atom. The van der Waals surface area contributed by atoms with E-state index in [9.17, 15) is 14.7 Å². The van der Waals surface area contributed by atoms with Crippen LogP contribution in [0.2, 0.25) is 0 Å². The molecule has 2 aliphatic rings. The molecule has 1 amide bonds. The summed E-state index contributed by atoms with van der Waals surface area (Å²) in [6, 6.07) is 0. The number of morpholine rings is 1. The van der Waals surface area contributed by atoms with Crippen molar-refractivity contribution in [2.75, 3.05) is 46.4 Å². The molecular formula is C17H30N2O4. The number of hydrogen-bond donors (Lipinski definition) is 1. The van der Waals surface area contributed by atoms with Gasteiger partial charge in [-0.1, -0.05) is 27.7 Å². The van der Waals surface area contributed by atoms with Crippen LogP contribution in [0.4, 0.5) is 0 Å². The number of amides is 1. The lowest BCUT2D eigenvalue weighted by Gasteiger charge is -2.37. The highest BCUT2D eigenvalue weighted by Crippen LogP contribution is 2.59. The summed E-state index contributed by atoms with van der Waals surface area (Å²) < 4.78 is 5.37. The highest BCUT2D eigenvalue weighted by atomic mass is 16.5. The van der Waals surface area contributed by atoms with Gasteiger partial charge in [0.25, 0.3) is 0 Å². The minimum Gasteiger partial charge on any atom is -0.481 e. The lowest BCUT2D eigenvalue weighted by atomic mass is 9.91. The topological polar surface area (TPSA) is 70.1 Å². The Bertz CT molecular complexity index is 469. The zero-order chi connectivity index (χ0) is 17.4. The quantitative estimate of drug-likeness (QED) is 0.793. The number of carbonyl (C=O) groups is 2. The second-order valence-electron chi connectivity index (χ2n) is 8.36. The zero-order valence-electron chi connectivity index (χ0n) is 15.0. The van der Waals surface area contributed by atoms with Crippen molar-refractivity contribution in [1.29, 1.82) is 0 Å². The van der Waals surface area contributed by atoms with Gasteiger partial charge in [0.05, 0.1) is 25.0 Å². The van der Waals surface area contributed by atoms with Crippen LogP contribution in [0.25, 0.3) is 0 Å². The van der Waals surface area contributed by atoms with Gasteiger partial charge in [-0.25, -0.2) is 0 Å². The number of hydrogen-bond acceptors (Lipinski definition) is 4. The average Bonchev–Trinajstić information content (AvgIpc) is 3.00. The fourth-order valence-electron chi connectivity index (χ4n) is 3.93. The van der Waals surface area contributed by atoms with Gasteiger partial charge in [0.1, 0.15) is 0 Å². The standard InChI is InChI=1S/C17H30N2O4/c1-16(2,11-19-6-8-23-9-7-19)10-18(5)14(20)12-13(15(21)22)17(12,3)4/h12-13H,6-11H2,1-5H3,(H,21,22)/t12-,13+/m0/s1. The predicted octanol–water partition coefficient (Wildman–Crippen LogP) is 1.16. The van der Waals surface area contributed by atoms with E-state index in [1.54, 1.807) is 11.9 Å². The summed E-state index contributed by atoms with van der Waals surface area (Å²) in [6.45, 7) is 12.9. The van der Waals surface area contributed by atoms with E-state index >= 15 is 0 Å². The summed E-state index contributed by atoms with van der Waals surface area (Å²) in [5.74, 6) is -1.87. The smallest absolute Gasteiger partial charge is 0.307 e. The fourth-order valence-corrected chi connectivity index (χ4v) is 3.93. The molecule has 1 aliphatic heterocycles. The third-order valence-corrected chi connectivity index (χ3v) is 5.16. The second kappa shape index (κ2) is 6.40. The molecule has 0 aromatic carbocycles. The maximum atomic E-state index is 12.6. The SMILES string of the molecule is CN(CC(C)(C)CN1CCOCC1)C(=O)[C@@H]1[C@H](C(=O)O)C1(C)C. The molecule has 23 heavy (non-hydrogen) atoms. The van der Waals surface area contributed by atoms with Crippen LogP contribution in [0.1, 0.15) is 27.7 Å². The van der Waals surface area contributed by atoms with Crippen molar-refractivity contribution in [3.05, 3.63) is 0 Å². The molecule has 0 spiro atoms. The first kappa shape index (κ1) is 18.2. The number of ether oxygens (including phenoxy) is 1. The maximum Gasteiger partial charge on any atom is 0.307 e. The van der Waals surface area contributed by atoms with Crippen LogP contribution in [0, 0.1) is 22.7 Å². The van der Waals surface area contributed by atoms with E-state index in [-0.39, 0.29) is 11.3 Å². The lowest BCUT2D eigenvalue weighted by molar-refractivity contribution is -0.142. The first-order valence-corrected chi connectivity index (χ1v) is 8.34. The van der Waals surface area contributed by atoms with E-state index in [1.807, 2.05) is 13.8 Å². The van der Waals surface area contributed by atoms with Crippen LogP contribution >= 0.6 is 0 Å². The van der Waals surface area contributed by atoms with Crippen molar-refractivity contribution in [3.63, 3.8) is 0 Å². The van der Waals surface area contributed by atoms with Crippen LogP contribution in [0.3, 0.4) is 0 Å². The van der Waals surface area contributed by atoms with Gasteiger partial charge in [0.15, 0.2) is 0 Å². The van der Waals surface area contributed by atoms with Crippen LogP contribution in [-0.4, -0.2) is 73.2 Å². The number of carboxylic acids is 1. The molecular weight excluding hydrogens is 296 g/mol. The Morgan fingerprint density at radius 3 is 2.30 bits per heavy atom. The lowest BCUT2D eigenvalue weighted by Crippen LogP contribution is -2.46.